The number of nitrogen functional groups attached to an aromatic ring is 1. The van der Waals surface area contributed by atoms with E-state index in [0.29, 0.717) is 37.1 Å². The number of carbonyl (C=O) groups is 1. The van der Waals surface area contributed by atoms with E-state index < -0.39 is 0 Å². The molecule has 7 heteroatoms. The van der Waals surface area contributed by atoms with Gasteiger partial charge >= 0.3 is 0 Å². The van der Waals surface area contributed by atoms with E-state index in [1.165, 1.54) is 0 Å². The van der Waals surface area contributed by atoms with Crippen LogP contribution in [0.25, 0.3) is 0 Å². The van der Waals surface area contributed by atoms with E-state index in [4.69, 9.17) is 10.5 Å². The van der Waals surface area contributed by atoms with Crippen molar-refractivity contribution in [3.63, 3.8) is 0 Å². The van der Waals surface area contributed by atoms with Gasteiger partial charge in [0.05, 0.1) is 24.6 Å². The second-order valence-electron chi connectivity index (χ2n) is 5.35. The maximum absolute atomic E-state index is 11.9. The van der Waals surface area contributed by atoms with Crippen molar-refractivity contribution >= 4 is 11.6 Å². The molecule has 112 valence electrons. The van der Waals surface area contributed by atoms with Crippen LogP contribution in [-0.4, -0.2) is 61.4 Å². The Morgan fingerprint density at radius 3 is 2.90 bits per heavy atom. The summed E-state index contributed by atoms with van der Waals surface area (Å²) < 4.78 is 5.40. The first kappa shape index (κ1) is 14.8. The zero-order valence-electron chi connectivity index (χ0n) is 12.1. The standard InChI is InChI=1S/C13H23N5O2/c1-18(2)6-8-20-7-5-15-13(19)12-10(14)11(16-17-12)9-3-4-9/h9H,3-8,14H2,1-2H3,(H,15,19)(H,16,17). The number of H-pyrrole nitrogens is 1. The summed E-state index contributed by atoms with van der Waals surface area (Å²) in [7, 11) is 3.98. The molecule has 7 nitrogen and oxygen atoms in total. The Bertz CT molecular complexity index is 454. The smallest absolute Gasteiger partial charge is 0.274 e. The molecule has 0 aromatic carbocycles. The zero-order valence-corrected chi connectivity index (χ0v) is 12.1. The predicted octanol–water partition coefficient (Wildman–Crippen LogP) is 0.177. The summed E-state index contributed by atoms with van der Waals surface area (Å²) in [6.45, 7) is 2.46. The first-order valence-corrected chi connectivity index (χ1v) is 6.94. The van der Waals surface area contributed by atoms with E-state index in [1.54, 1.807) is 0 Å². The summed E-state index contributed by atoms with van der Waals surface area (Å²) in [5, 5.41) is 9.63. The molecule has 0 unspecified atom stereocenters. The molecule has 0 aliphatic heterocycles. The number of nitrogens with two attached hydrogens (primary N) is 1. The number of amides is 1. The molecule has 0 atom stereocenters. The summed E-state index contributed by atoms with van der Waals surface area (Å²) in [5.41, 5.74) is 7.62. The molecular weight excluding hydrogens is 258 g/mol. The number of anilines is 1. The van der Waals surface area contributed by atoms with Gasteiger partial charge in [-0.15, -0.1) is 0 Å². The largest absolute Gasteiger partial charge is 0.395 e. The number of aromatic amines is 1. The number of hydrogen-bond donors (Lipinski definition) is 3. The van der Waals surface area contributed by atoms with Crippen molar-refractivity contribution in [1.82, 2.24) is 20.4 Å². The number of hydrogen-bond acceptors (Lipinski definition) is 5. The minimum absolute atomic E-state index is 0.248. The van der Waals surface area contributed by atoms with E-state index in [9.17, 15) is 4.79 Å². The number of nitrogens with one attached hydrogen (secondary N) is 2. The summed E-state index contributed by atoms with van der Waals surface area (Å²) in [4.78, 5) is 14.0. The minimum atomic E-state index is -0.248. The lowest BCUT2D eigenvalue weighted by Crippen LogP contribution is -2.29. The van der Waals surface area contributed by atoms with E-state index in [2.05, 4.69) is 15.5 Å². The minimum Gasteiger partial charge on any atom is -0.395 e. The number of rotatable bonds is 8. The fourth-order valence-electron chi connectivity index (χ4n) is 1.89. The molecule has 1 fully saturated rings. The van der Waals surface area contributed by atoms with E-state index in [1.807, 2.05) is 19.0 Å². The van der Waals surface area contributed by atoms with Crippen molar-refractivity contribution in [3.8, 4) is 0 Å². The second kappa shape index (κ2) is 6.71. The Morgan fingerprint density at radius 2 is 2.25 bits per heavy atom. The van der Waals surface area contributed by atoms with Crippen LogP contribution in [0.15, 0.2) is 0 Å². The molecule has 0 bridgehead atoms. The molecule has 0 saturated heterocycles. The second-order valence-corrected chi connectivity index (χ2v) is 5.35. The van der Waals surface area contributed by atoms with Crippen molar-refractivity contribution in [2.75, 3.05) is 46.1 Å². The van der Waals surface area contributed by atoms with Crippen molar-refractivity contribution in [3.05, 3.63) is 11.4 Å². The molecule has 20 heavy (non-hydrogen) atoms. The molecule has 4 N–H and O–H groups in total. The van der Waals surface area contributed by atoms with Gasteiger partial charge in [-0.3, -0.25) is 9.89 Å². The normalized spacial score (nSPS) is 14.8. The van der Waals surface area contributed by atoms with Gasteiger partial charge in [0.2, 0.25) is 0 Å². The van der Waals surface area contributed by atoms with Crippen LogP contribution < -0.4 is 11.1 Å². The average Bonchev–Trinajstić information content (AvgIpc) is 3.16. The van der Waals surface area contributed by atoms with Gasteiger partial charge in [-0.25, -0.2) is 0 Å². The lowest BCUT2D eigenvalue weighted by atomic mass is 10.2. The molecule has 1 amide bonds. The van der Waals surface area contributed by atoms with Crippen LogP contribution in [0, 0.1) is 0 Å². The van der Waals surface area contributed by atoms with Crippen LogP contribution in [0.3, 0.4) is 0 Å². The molecule has 1 saturated carbocycles. The van der Waals surface area contributed by atoms with Gasteiger partial charge in [0.15, 0.2) is 5.69 Å². The Hall–Kier alpha value is -1.60. The van der Waals surface area contributed by atoms with Crippen LogP contribution in [0.5, 0.6) is 0 Å². The fraction of sp³-hybridized carbons (Fsp3) is 0.692. The molecule has 1 heterocycles. The highest BCUT2D eigenvalue weighted by atomic mass is 16.5. The summed E-state index contributed by atoms with van der Waals surface area (Å²) in [5.74, 6) is 0.209. The van der Waals surface area contributed by atoms with Gasteiger partial charge in [0.1, 0.15) is 0 Å². The van der Waals surface area contributed by atoms with Crippen LogP contribution in [0.4, 0.5) is 5.69 Å². The number of carbonyl (C=O) groups excluding carboxylic acids is 1. The third kappa shape index (κ3) is 3.94. The Balaban J connectivity index is 1.69. The highest BCUT2D eigenvalue weighted by molar-refractivity contribution is 5.97. The van der Waals surface area contributed by atoms with Crippen LogP contribution in [0.2, 0.25) is 0 Å². The number of nitrogens with zero attached hydrogens (tertiary/aromatic N) is 2. The highest BCUT2D eigenvalue weighted by Crippen LogP contribution is 2.42. The molecule has 1 aliphatic carbocycles. The van der Waals surface area contributed by atoms with Crippen LogP contribution in [-0.2, 0) is 4.74 Å². The first-order valence-electron chi connectivity index (χ1n) is 6.94. The van der Waals surface area contributed by atoms with E-state index >= 15 is 0 Å². The van der Waals surface area contributed by atoms with Gasteiger partial charge in [-0.2, -0.15) is 5.10 Å². The molecule has 1 aliphatic rings. The van der Waals surface area contributed by atoms with E-state index in [-0.39, 0.29) is 5.91 Å². The SMILES string of the molecule is CN(C)CCOCCNC(=O)c1n[nH]c(C2CC2)c1N. The lowest BCUT2D eigenvalue weighted by molar-refractivity contribution is 0.0896. The van der Waals surface area contributed by atoms with Gasteiger partial charge < -0.3 is 20.7 Å². The molecular formula is C13H23N5O2. The Labute approximate surface area is 118 Å². The molecule has 0 radical (unpaired) electrons. The quantitative estimate of drug-likeness (QED) is 0.591. The predicted molar refractivity (Wildman–Crippen MR) is 76.7 cm³/mol. The Morgan fingerprint density at radius 1 is 1.50 bits per heavy atom. The summed E-state index contributed by atoms with van der Waals surface area (Å²) in [6.07, 6.45) is 2.24. The number of likely N-dealkylation sites (N-methyl/N-ethyl adjacent to an activating group) is 1. The Kier molecular flexibility index (Phi) is 4.97. The van der Waals surface area contributed by atoms with Crippen LogP contribution in [0.1, 0.15) is 34.9 Å². The molecule has 1 aromatic heterocycles. The van der Waals surface area contributed by atoms with Crippen molar-refractivity contribution in [2.45, 2.75) is 18.8 Å². The molecule has 0 spiro atoms. The highest BCUT2D eigenvalue weighted by Gasteiger charge is 2.30. The average molecular weight is 281 g/mol. The van der Waals surface area contributed by atoms with Gasteiger partial charge in [0, 0.05) is 19.0 Å². The maximum Gasteiger partial charge on any atom is 0.274 e. The fourth-order valence-corrected chi connectivity index (χ4v) is 1.89. The zero-order chi connectivity index (χ0) is 14.5. The maximum atomic E-state index is 11.9. The number of aromatic nitrogens is 2. The lowest BCUT2D eigenvalue weighted by Gasteiger charge is -2.10. The topological polar surface area (TPSA) is 96.3 Å². The third-order valence-corrected chi connectivity index (χ3v) is 3.25. The first-order chi connectivity index (χ1) is 9.59. The molecule has 1 aromatic rings. The van der Waals surface area contributed by atoms with Gasteiger partial charge in [-0.05, 0) is 26.9 Å². The summed E-state index contributed by atoms with van der Waals surface area (Å²) >= 11 is 0. The third-order valence-electron chi connectivity index (χ3n) is 3.25. The summed E-state index contributed by atoms with van der Waals surface area (Å²) in [6, 6.07) is 0. The van der Waals surface area contributed by atoms with Gasteiger partial charge in [-0.1, -0.05) is 0 Å². The van der Waals surface area contributed by atoms with Crippen LogP contribution >= 0.6 is 0 Å². The van der Waals surface area contributed by atoms with Crippen molar-refractivity contribution in [1.29, 1.82) is 0 Å². The van der Waals surface area contributed by atoms with Crippen molar-refractivity contribution in [2.24, 2.45) is 0 Å². The van der Waals surface area contributed by atoms with Crippen molar-refractivity contribution < 1.29 is 9.53 Å². The molecule has 2 rings (SSSR count). The monoisotopic (exact) mass is 281 g/mol. The van der Waals surface area contributed by atoms with E-state index in [0.717, 1.165) is 25.1 Å². The van der Waals surface area contributed by atoms with Gasteiger partial charge in [0.25, 0.3) is 5.91 Å². The number of ether oxygens (including phenoxy) is 1.